The van der Waals surface area contributed by atoms with E-state index in [1.54, 1.807) is 7.11 Å². The van der Waals surface area contributed by atoms with Crippen molar-refractivity contribution < 1.29 is 9.26 Å². The van der Waals surface area contributed by atoms with Crippen molar-refractivity contribution in [1.29, 1.82) is 0 Å². The van der Waals surface area contributed by atoms with Crippen molar-refractivity contribution in [3.63, 3.8) is 0 Å². The first-order valence-corrected chi connectivity index (χ1v) is 11.8. The molecule has 4 aromatic rings. The van der Waals surface area contributed by atoms with Crippen molar-refractivity contribution in [2.24, 2.45) is 0 Å². The van der Waals surface area contributed by atoms with Gasteiger partial charge in [-0.25, -0.2) is 0 Å². The molecule has 5 rings (SSSR count). The van der Waals surface area contributed by atoms with Crippen LogP contribution in [0.2, 0.25) is 0 Å². The van der Waals surface area contributed by atoms with E-state index < -0.39 is 0 Å². The third kappa shape index (κ3) is 4.42. The van der Waals surface area contributed by atoms with E-state index in [-0.39, 0.29) is 6.04 Å². The lowest BCUT2D eigenvalue weighted by Gasteiger charge is -2.37. The second kappa shape index (κ2) is 9.35. The highest BCUT2D eigenvalue weighted by Gasteiger charge is 2.34. The maximum atomic E-state index is 5.85. The van der Waals surface area contributed by atoms with Gasteiger partial charge >= 0.3 is 0 Å². The maximum Gasteiger partial charge on any atom is 0.258 e. The van der Waals surface area contributed by atoms with Crippen molar-refractivity contribution in [3.05, 3.63) is 101 Å². The lowest BCUT2D eigenvalue weighted by atomic mass is 9.94. The van der Waals surface area contributed by atoms with Crippen LogP contribution >= 0.6 is 12.2 Å². The molecule has 0 saturated carbocycles. The number of thiocarbonyl (C=S) groups is 1. The van der Waals surface area contributed by atoms with Crippen LogP contribution < -0.4 is 15.0 Å². The molecule has 1 atom stereocenters. The average molecular weight is 483 g/mol. The van der Waals surface area contributed by atoms with Crippen molar-refractivity contribution >= 4 is 28.6 Å². The molecule has 0 amide bonds. The average Bonchev–Trinajstić information content (AvgIpc) is 3.35. The Morgan fingerprint density at radius 1 is 0.943 bits per heavy atom. The summed E-state index contributed by atoms with van der Waals surface area (Å²) in [4.78, 5) is 6.82. The Kier molecular flexibility index (Phi) is 6.09. The normalized spacial score (nSPS) is 15.8. The van der Waals surface area contributed by atoms with Crippen molar-refractivity contribution in [1.82, 2.24) is 15.5 Å². The van der Waals surface area contributed by atoms with Gasteiger partial charge in [0.05, 0.1) is 18.7 Å². The van der Waals surface area contributed by atoms with Gasteiger partial charge in [0.15, 0.2) is 5.11 Å². The first-order valence-electron chi connectivity index (χ1n) is 11.4. The van der Waals surface area contributed by atoms with Gasteiger partial charge in [-0.15, -0.1) is 0 Å². The number of ether oxygens (including phenoxy) is 1. The first-order chi connectivity index (χ1) is 16.9. The molecule has 0 spiro atoms. The van der Waals surface area contributed by atoms with Crippen LogP contribution in [0.4, 0.5) is 5.69 Å². The fraction of sp³-hybridized carbons (Fsp3) is 0.179. The standard InChI is InChI=1S/C28H26N4O2S/c1-17-8-12-22(13-9-17)32-19(3)24(25(29-28(32)35)20-10-14-23(33-4)15-11-20)27-30-26(31-34-27)21-7-5-6-18(2)16-21/h5-16,25H,1-4H3,(H,29,35). The van der Waals surface area contributed by atoms with E-state index in [2.05, 4.69) is 41.7 Å². The molecule has 6 nitrogen and oxygen atoms in total. The Balaban J connectivity index is 1.64. The molecule has 2 heterocycles. The molecule has 0 saturated heterocycles. The van der Waals surface area contributed by atoms with Crippen LogP contribution in [-0.4, -0.2) is 22.4 Å². The monoisotopic (exact) mass is 482 g/mol. The number of methoxy groups -OCH3 is 1. The fourth-order valence-corrected chi connectivity index (χ4v) is 4.67. The third-order valence-electron chi connectivity index (χ3n) is 6.16. The van der Waals surface area contributed by atoms with Gasteiger partial charge in [0.1, 0.15) is 5.75 Å². The Bertz CT molecular complexity index is 1410. The first kappa shape index (κ1) is 22.8. The number of anilines is 1. The molecular formula is C28H26N4O2S. The third-order valence-corrected chi connectivity index (χ3v) is 6.46. The summed E-state index contributed by atoms with van der Waals surface area (Å²) >= 11 is 5.83. The Labute approximate surface area is 210 Å². The topological polar surface area (TPSA) is 63.4 Å². The summed E-state index contributed by atoms with van der Waals surface area (Å²) in [5, 5.41) is 8.41. The van der Waals surface area contributed by atoms with Gasteiger partial charge in [-0.1, -0.05) is 58.7 Å². The van der Waals surface area contributed by atoms with E-state index in [0.29, 0.717) is 16.8 Å². The predicted octanol–water partition coefficient (Wildman–Crippen LogP) is 6.23. The quantitative estimate of drug-likeness (QED) is 0.338. The largest absolute Gasteiger partial charge is 0.497 e. The highest BCUT2D eigenvalue weighted by atomic mass is 32.1. The Morgan fingerprint density at radius 3 is 2.37 bits per heavy atom. The number of hydrogen-bond acceptors (Lipinski definition) is 5. The molecule has 1 aliphatic rings. The summed E-state index contributed by atoms with van der Waals surface area (Å²) in [5.41, 5.74) is 7.01. The van der Waals surface area contributed by atoms with Crippen LogP contribution in [0.5, 0.6) is 5.75 Å². The van der Waals surface area contributed by atoms with Gasteiger partial charge in [0.25, 0.3) is 5.89 Å². The molecule has 0 bridgehead atoms. The number of hydrogen-bond donors (Lipinski definition) is 1. The van der Waals surface area contributed by atoms with Gasteiger partial charge in [0, 0.05) is 16.9 Å². The van der Waals surface area contributed by atoms with Crippen molar-refractivity contribution in [2.75, 3.05) is 12.0 Å². The molecule has 7 heteroatoms. The van der Waals surface area contributed by atoms with Gasteiger partial charge in [-0.3, -0.25) is 4.90 Å². The molecule has 1 aromatic heterocycles. The van der Waals surface area contributed by atoms with Gasteiger partial charge in [-0.2, -0.15) is 4.98 Å². The lowest BCUT2D eigenvalue weighted by molar-refractivity contribution is 0.404. The van der Waals surface area contributed by atoms with E-state index >= 15 is 0 Å². The number of nitrogens with one attached hydrogen (secondary N) is 1. The minimum atomic E-state index is -0.263. The van der Waals surface area contributed by atoms with Gasteiger partial charge < -0.3 is 14.6 Å². The SMILES string of the molecule is COc1ccc(C2NC(=S)N(c3ccc(C)cc3)C(C)=C2c2nc(-c3cccc(C)c3)no2)cc1. The van der Waals surface area contributed by atoms with E-state index in [4.69, 9.17) is 26.5 Å². The second-order valence-electron chi connectivity index (χ2n) is 8.62. The van der Waals surface area contributed by atoms with Crippen molar-refractivity contribution in [3.8, 4) is 17.1 Å². The zero-order valence-electron chi connectivity index (χ0n) is 20.1. The number of aromatic nitrogens is 2. The maximum absolute atomic E-state index is 5.85. The van der Waals surface area contributed by atoms with E-state index in [1.165, 1.54) is 5.56 Å². The minimum Gasteiger partial charge on any atom is -0.497 e. The second-order valence-corrected chi connectivity index (χ2v) is 9.01. The highest BCUT2D eigenvalue weighted by Crippen LogP contribution is 2.39. The zero-order chi connectivity index (χ0) is 24.5. The summed E-state index contributed by atoms with van der Waals surface area (Å²) in [6.45, 7) is 6.15. The number of aryl methyl sites for hydroxylation is 2. The summed E-state index contributed by atoms with van der Waals surface area (Å²) in [6.07, 6.45) is 0. The molecule has 0 fully saturated rings. The Hall–Kier alpha value is -3.97. The minimum absolute atomic E-state index is 0.263. The summed E-state index contributed by atoms with van der Waals surface area (Å²) in [5.74, 6) is 1.79. The van der Waals surface area contributed by atoms with Gasteiger partial charge in [0.2, 0.25) is 5.82 Å². The van der Waals surface area contributed by atoms with Crippen molar-refractivity contribution in [2.45, 2.75) is 26.8 Å². The summed E-state index contributed by atoms with van der Waals surface area (Å²) in [7, 11) is 1.66. The van der Waals surface area contributed by atoms with Crippen LogP contribution in [0.25, 0.3) is 17.0 Å². The predicted molar refractivity (Wildman–Crippen MR) is 142 cm³/mol. The fourth-order valence-electron chi connectivity index (χ4n) is 4.31. The van der Waals surface area contributed by atoms with Crippen LogP contribution in [0.1, 0.15) is 35.5 Å². The van der Waals surface area contributed by atoms with E-state index in [9.17, 15) is 0 Å². The number of allylic oxidation sites excluding steroid dienone is 1. The molecule has 3 aromatic carbocycles. The summed E-state index contributed by atoms with van der Waals surface area (Å²) < 4.78 is 11.2. The lowest BCUT2D eigenvalue weighted by Crippen LogP contribution is -2.46. The summed E-state index contributed by atoms with van der Waals surface area (Å²) in [6, 6.07) is 24.0. The molecule has 176 valence electrons. The smallest absolute Gasteiger partial charge is 0.258 e. The molecule has 1 N–H and O–H groups in total. The molecule has 35 heavy (non-hydrogen) atoms. The van der Waals surface area contributed by atoms with Gasteiger partial charge in [-0.05, 0) is 68.9 Å². The van der Waals surface area contributed by atoms with Crippen LogP contribution in [0, 0.1) is 13.8 Å². The van der Waals surface area contributed by atoms with Crippen LogP contribution in [-0.2, 0) is 0 Å². The highest BCUT2D eigenvalue weighted by molar-refractivity contribution is 7.80. The number of nitrogens with zero attached hydrogens (tertiary/aromatic N) is 3. The van der Waals surface area contributed by atoms with E-state index in [0.717, 1.165) is 39.4 Å². The number of rotatable bonds is 5. The van der Waals surface area contributed by atoms with E-state index in [1.807, 2.05) is 67.3 Å². The molecule has 0 aliphatic carbocycles. The van der Waals surface area contributed by atoms with Crippen LogP contribution in [0.3, 0.4) is 0 Å². The number of benzene rings is 3. The van der Waals surface area contributed by atoms with Crippen LogP contribution in [0.15, 0.2) is 83.0 Å². The molecule has 0 radical (unpaired) electrons. The zero-order valence-corrected chi connectivity index (χ0v) is 20.9. The molecule has 1 aliphatic heterocycles. The Morgan fingerprint density at radius 2 is 1.69 bits per heavy atom. The molecule has 1 unspecified atom stereocenters. The molecular weight excluding hydrogens is 456 g/mol.